The molecule has 1 aliphatic rings. The van der Waals surface area contributed by atoms with Gasteiger partial charge in [0.15, 0.2) is 11.5 Å². The highest BCUT2D eigenvalue weighted by molar-refractivity contribution is 8.00. The van der Waals surface area contributed by atoms with E-state index in [1.165, 1.54) is 12.1 Å². The maximum atomic E-state index is 12.3. The lowest BCUT2D eigenvalue weighted by Gasteiger charge is -2.15. The molecule has 9 nitrogen and oxygen atoms in total. The number of thioether (sulfide) groups is 1. The standard InChI is InChI=1S/C18H17N3O6S/c1-10(11-2-4-14-15(7-11)27-9-26-14)20-17(22)8-28-16-5-3-12(18(19)23)6-13(16)21(24)25/h2-7,10H,8-9H2,1H3,(H2,19,23)(H,20,22). The van der Waals surface area contributed by atoms with Crippen LogP contribution in [0.15, 0.2) is 41.3 Å². The number of hydrogen-bond acceptors (Lipinski definition) is 7. The highest BCUT2D eigenvalue weighted by Gasteiger charge is 2.20. The largest absolute Gasteiger partial charge is 0.454 e. The molecule has 2 aromatic rings. The molecule has 3 rings (SSSR count). The van der Waals surface area contributed by atoms with E-state index in [2.05, 4.69) is 5.32 Å². The number of nitrogens with zero attached hydrogens (tertiary/aromatic N) is 1. The number of benzene rings is 2. The lowest BCUT2D eigenvalue weighted by Crippen LogP contribution is -2.28. The Kier molecular flexibility index (Phi) is 5.69. The van der Waals surface area contributed by atoms with Gasteiger partial charge in [-0.2, -0.15) is 0 Å². The van der Waals surface area contributed by atoms with Crippen LogP contribution >= 0.6 is 11.8 Å². The third-order valence-corrected chi connectivity index (χ3v) is 5.14. The van der Waals surface area contributed by atoms with Crippen LogP contribution in [0.4, 0.5) is 5.69 Å². The number of amides is 2. The van der Waals surface area contributed by atoms with Crippen LogP contribution in [-0.4, -0.2) is 29.3 Å². The minimum Gasteiger partial charge on any atom is -0.454 e. The normalized spacial score (nSPS) is 13.0. The molecule has 0 saturated heterocycles. The fourth-order valence-electron chi connectivity index (χ4n) is 2.63. The summed E-state index contributed by atoms with van der Waals surface area (Å²) in [5.74, 6) is 0.215. The maximum absolute atomic E-state index is 12.3. The summed E-state index contributed by atoms with van der Waals surface area (Å²) >= 11 is 1.01. The van der Waals surface area contributed by atoms with Crippen molar-refractivity contribution in [2.45, 2.75) is 17.9 Å². The van der Waals surface area contributed by atoms with Gasteiger partial charge < -0.3 is 20.5 Å². The van der Waals surface area contributed by atoms with E-state index in [4.69, 9.17) is 15.2 Å². The number of fused-ring (bicyclic) bond motifs is 1. The second-order valence-electron chi connectivity index (χ2n) is 5.99. The van der Waals surface area contributed by atoms with E-state index in [-0.39, 0.29) is 40.6 Å². The Morgan fingerprint density at radius 1 is 1.25 bits per heavy atom. The summed E-state index contributed by atoms with van der Waals surface area (Å²) in [5.41, 5.74) is 5.77. The Balaban J connectivity index is 1.62. The second kappa shape index (κ2) is 8.17. The topological polar surface area (TPSA) is 134 Å². The fraction of sp³-hybridized carbons (Fsp3) is 0.222. The third-order valence-electron chi connectivity index (χ3n) is 4.07. The molecule has 0 radical (unpaired) electrons. The van der Waals surface area contributed by atoms with Gasteiger partial charge in [0.2, 0.25) is 18.6 Å². The van der Waals surface area contributed by atoms with Crippen molar-refractivity contribution in [1.29, 1.82) is 0 Å². The van der Waals surface area contributed by atoms with Crippen LogP contribution in [0.25, 0.3) is 0 Å². The van der Waals surface area contributed by atoms with Crippen molar-refractivity contribution in [3.63, 3.8) is 0 Å². The molecule has 1 unspecified atom stereocenters. The van der Waals surface area contributed by atoms with Crippen LogP contribution in [-0.2, 0) is 4.79 Å². The van der Waals surface area contributed by atoms with E-state index in [1.54, 1.807) is 12.1 Å². The molecule has 0 fully saturated rings. The fourth-order valence-corrected chi connectivity index (χ4v) is 3.44. The first-order valence-electron chi connectivity index (χ1n) is 8.25. The van der Waals surface area contributed by atoms with Gasteiger partial charge in [0, 0.05) is 11.6 Å². The van der Waals surface area contributed by atoms with Crippen LogP contribution in [0, 0.1) is 10.1 Å². The van der Waals surface area contributed by atoms with Crippen molar-refractivity contribution >= 4 is 29.3 Å². The average Bonchev–Trinajstić information content (AvgIpc) is 3.13. The van der Waals surface area contributed by atoms with Crippen molar-refractivity contribution in [2.24, 2.45) is 5.73 Å². The molecule has 146 valence electrons. The number of nitrogens with two attached hydrogens (primary N) is 1. The lowest BCUT2D eigenvalue weighted by molar-refractivity contribution is -0.387. The Labute approximate surface area is 164 Å². The quantitative estimate of drug-likeness (QED) is 0.412. The number of carbonyl (C=O) groups is 2. The van der Waals surface area contributed by atoms with Crippen molar-refractivity contribution < 1.29 is 24.0 Å². The zero-order valence-electron chi connectivity index (χ0n) is 14.8. The third kappa shape index (κ3) is 4.34. The van der Waals surface area contributed by atoms with E-state index in [0.29, 0.717) is 11.5 Å². The van der Waals surface area contributed by atoms with Crippen LogP contribution < -0.4 is 20.5 Å². The van der Waals surface area contributed by atoms with Crippen molar-refractivity contribution in [3.8, 4) is 11.5 Å². The van der Waals surface area contributed by atoms with Crippen molar-refractivity contribution in [1.82, 2.24) is 5.32 Å². The van der Waals surface area contributed by atoms with Crippen LogP contribution in [0.2, 0.25) is 0 Å². The van der Waals surface area contributed by atoms with Crippen LogP contribution in [0.5, 0.6) is 11.5 Å². The summed E-state index contributed by atoms with van der Waals surface area (Å²) in [6.45, 7) is 1.99. The van der Waals surface area contributed by atoms with Gasteiger partial charge in [-0.15, -0.1) is 11.8 Å². The molecule has 0 saturated carbocycles. The van der Waals surface area contributed by atoms with E-state index < -0.39 is 10.8 Å². The van der Waals surface area contributed by atoms with Crippen LogP contribution in [0.3, 0.4) is 0 Å². The predicted octanol–water partition coefficient (Wildman–Crippen LogP) is 2.39. The number of nitro benzene ring substituents is 1. The molecule has 1 atom stereocenters. The van der Waals surface area contributed by atoms with Gasteiger partial charge in [0.1, 0.15) is 0 Å². The zero-order valence-corrected chi connectivity index (χ0v) is 15.7. The van der Waals surface area contributed by atoms with Gasteiger partial charge in [0.25, 0.3) is 5.69 Å². The van der Waals surface area contributed by atoms with Gasteiger partial charge >= 0.3 is 0 Å². The number of ether oxygens (including phenoxy) is 2. The maximum Gasteiger partial charge on any atom is 0.283 e. The lowest BCUT2D eigenvalue weighted by atomic mass is 10.1. The molecule has 3 N–H and O–H groups in total. The minimum atomic E-state index is -0.755. The first-order valence-corrected chi connectivity index (χ1v) is 9.23. The molecule has 0 aliphatic carbocycles. The number of carbonyl (C=O) groups excluding carboxylic acids is 2. The molecule has 2 amide bonds. The summed E-state index contributed by atoms with van der Waals surface area (Å²) in [6, 6.07) is 9.04. The van der Waals surface area contributed by atoms with Gasteiger partial charge in [-0.25, -0.2) is 0 Å². The van der Waals surface area contributed by atoms with Gasteiger partial charge in [-0.1, -0.05) is 6.07 Å². The minimum absolute atomic E-state index is 0.0222. The van der Waals surface area contributed by atoms with E-state index >= 15 is 0 Å². The Bertz CT molecular complexity index is 949. The molecule has 2 aromatic carbocycles. The summed E-state index contributed by atoms with van der Waals surface area (Å²) in [7, 11) is 0. The molecule has 0 bridgehead atoms. The molecule has 28 heavy (non-hydrogen) atoms. The SMILES string of the molecule is CC(NC(=O)CSc1ccc(C(N)=O)cc1[N+](=O)[O-])c1ccc2c(c1)OCO2. The van der Waals surface area contributed by atoms with Gasteiger partial charge in [0.05, 0.1) is 21.6 Å². The number of hydrogen-bond donors (Lipinski definition) is 2. The Hall–Kier alpha value is -3.27. The van der Waals surface area contributed by atoms with E-state index in [9.17, 15) is 19.7 Å². The Morgan fingerprint density at radius 3 is 2.71 bits per heavy atom. The van der Waals surface area contributed by atoms with Gasteiger partial charge in [-0.05, 0) is 36.8 Å². The summed E-state index contributed by atoms with van der Waals surface area (Å²) in [4.78, 5) is 34.3. The molecule has 10 heteroatoms. The van der Waals surface area contributed by atoms with Crippen molar-refractivity contribution in [2.75, 3.05) is 12.5 Å². The summed E-state index contributed by atoms with van der Waals surface area (Å²) in [6.07, 6.45) is 0. The molecule has 1 heterocycles. The van der Waals surface area contributed by atoms with Gasteiger partial charge in [-0.3, -0.25) is 19.7 Å². The first kappa shape index (κ1) is 19.5. The van der Waals surface area contributed by atoms with Crippen LogP contribution in [0.1, 0.15) is 28.9 Å². The number of primary amides is 1. The molecule has 0 spiro atoms. The monoisotopic (exact) mass is 403 g/mol. The average molecular weight is 403 g/mol. The second-order valence-corrected chi connectivity index (χ2v) is 7.01. The highest BCUT2D eigenvalue weighted by Crippen LogP contribution is 2.34. The Morgan fingerprint density at radius 2 is 2.00 bits per heavy atom. The van der Waals surface area contributed by atoms with E-state index in [1.807, 2.05) is 13.0 Å². The molecular weight excluding hydrogens is 386 g/mol. The first-order chi connectivity index (χ1) is 13.3. The molecular formula is C18H17N3O6S. The smallest absolute Gasteiger partial charge is 0.283 e. The number of rotatable bonds is 7. The summed E-state index contributed by atoms with van der Waals surface area (Å²) < 4.78 is 10.6. The predicted molar refractivity (Wildman–Crippen MR) is 101 cm³/mol. The highest BCUT2D eigenvalue weighted by atomic mass is 32.2. The summed E-state index contributed by atoms with van der Waals surface area (Å²) in [5, 5.41) is 14.1. The number of nitrogens with one attached hydrogen (secondary N) is 1. The molecule has 1 aliphatic heterocycles. The van der Waals surface area contributed by atoms with E-state index in [0.717, 1.165) is 23.4 Å². The number of nitro groups is 1. The zero-order chi connectivity index (χ0) is 20.3. The molecule has 0 aromatic heterocycles. The van der Waals surface area contributed by atoms with Crippen molar-refractivity contribution in [3.05, 3.63) is 57.6 Å².